The van der Waals surface area contributed by atoms with Gasteiger partial charge >= 0.3 is 5.97 Å². The number of nitrogens with one attached hydrogen (secondary N) is 1. The molecule has 0 aliphatic carbocycles. The van der Waals surface area contributed by atoms with E-state index in [-0.39, 0.29) is 18.2 Å². The number of rotatable bonds is 4. The number of carbonyl (C=O) groups excluding carboxylic acids is 3. The van der Waals surface area contributed by atoms with Crippen LogP contribution in [-0.2, 0) is 27.4 Å². The van der Waals surface area contributed by atoms with Crippen molar-refractivity contribution in [3.05, 3.63) is 17.5 Å². The van der Waals surface area contributed by atoms with Gasteiger partial charge in [-0.2, -0.15) is 5.10 Å². The Morgan fingerprint density at radius 2 is 2.12 bits per heavy atom. The summed E-state index contributed by atoms with van der Waals surface area (Å²) in [5.74, 6) is -1.20. The van der Waals surface area contributed by atoms with E-state index in [1.165, 1.54) is 12.0 Å². The number of methoxy groups -OCH3 is 1. The summed E-state index contributed by atoms with van der Waals surface area (Å²) in [6.07, 6.45) is -0.164. The molecule has 142 valence electrons. The number of aromatic nitrogens is 2. The van der Waals surface area contributed by atoms with Gasteiger partial charge in [0, 0.05) is 32.2 Å². The fourth-order valence-electron chi connectivity index (χ4n) is 3.38. The van der Waals surface area contributed by atoms with Crippen LogP contribution in [0, 0.1) is 0 Å². The van der Waals surface area contributed by atoms with E-state index >= 15 is 0 Å². The SMILES string of the molecule is COC(=O)CC1C(=O)NCCN1C(=O)c1cc2n(n1)CCN(C(C)C)C2. The standard InChI is InChI=1S/C17H25N5O4/c1-11(2)20-6-7-22-12(10-20)8-13(19-22)17(25)21-5-4-18-16(24)14(21)9-15(23)26-3/h8,11,14H,4-7,9-10H2,1-3H3,(H,18,24). The summed E-state index contributed by atoms with van der Waals surface area (Å²) in [6.45, 7) is 7.33. The van der Waals surface area contributed by atoms with Crippen LogP contribution < -0.4 is 5.32 Å². The van der Waals surface area contributed by atoms with Gasteiger partial charge in [-0.1, -0.05) is 0 Å². The van der Waals surface area contributed by atoms with Gasteiger partial charge in [-0.3, -0.25) is 24.0 Å². The van der Waals surface area contributed by atoms with Crippen LogP contribution in [0.3, 0.4) is 0 Å². The average Bonchev–Trinajstić information content (AvgIpc) is 3.05. The predicted molar refractivity (Wildman–Crippen MR) is 92.2 cm³/mol. The maximum absolute atomic E-state index is 13.0. The molecule has 1 fully saturated rings. The molecule has 0 radical (unpaired) electrons. The van der Waals surface area contributed by atoms with E-state index in [4.69, 9.17) is 0 Å². The van der Waals surface area contributed by atoms with Gasteiger partial charge in [-0.05, 0) is 19.9 Å². The number of hydrogen-bond donors (Lipinski definition) is 1. The highest BCUT2D eigenvalue weighted by Crippen LogP contribution is 2.19. The zero-order valence-electron chi connectivity index (χ0n) is 15.4. The highest BCUT2D eigenvalue weighted by atomic mass is 16.5. The van der Waals surface area contributed by atoms with Gasteiger partial charge in [-0.25, -0.2) is 0 Å². The molecule has 1 atom stereocenters. The van der Waals surface area contributed by atoms with E-state index in [1.807, 2.05) is 4.68 Å². The molecule has 9 heteroatoms. The van der Waals surface area contributed by atoms with Crippen molar-refractivity contribution in [3.8, 4) is 0 Å². The topological polar surface area (TPSA) is 96.8 Å². The summed E-state index contributed by atoms with van der Waals surface area (Å²) in [5, 5.41) is 7.12. The van der Waals surface area contributed by atoms with Crippen molar-refractivity contribution in [3.63, 3.8) is 0 Å². The van der Waals surface area contributed by atoms with Crippen LogP contribution >= 0.6 is 0 Å². The third kappa shape index (κ3) is 3.57. The molecule has 1 aromatic heterocycles. The van der Waals surface area contributed by atoms with E-state index < -0.39 is 12.0 Å². The second-order valence-electron chi connectivity index (χ2n) is 6.89. The summed E-state index contributed by atoms with van der Waals surface area (Å²) in [5.41, 5.74) is 1.30. The maximum Gasteiger partial charge on any atom is 0.308 e. The second kappa shape index (κ2) is 7.45. The Balaban J connectivity index is 1.79. The fourth-order valence-corrected chi connectivity index (χ4v) is 3.38. The van der Waals surface area contributed by atoms with Gasteiger partial charge in [-0.15, -0.1) is 0 Å². The van der Waals surface area contributed by atoms with Crippen molar-refractivity contribution in [1.82, 2.24) is 24.9 Å². The fraction of sp³-hybridized carbons (Fsp3) is 0.647. The van der Waals surface area contributed by atoms with Crippen LogP contribution in [0.2, 0.25) is 0 Å². The molecule has 1 N–H and O–H groups in total. The van der Waals surface area contributed by atoms with Crippen LogP contribution in [0.4, 0.5) is 0 Å². The van der Waals surface area contributed by atoms with Crippen molar-refractivity contribution in [2.24, 2.45) is 0 Å². The first-order valence-electron chi connectivity index (χ1n) is 8.87. The van der Waals surface area contributed by atoms with Gasteiger partial charge < -0.3 is 15.0 Å². The molecule has 0 saturated carbocycles. The average molecular weight is 363 g/mol. The van der Waals surface area contributed by atoms with Crippen molar-refractivity contribution in [1.29, 1.82) is 0 Å². The minimum absolute atomic E-state index is 0.164. The monoisotopic (exact) mass is 363 g/mol. The van der Waals surface area contributed by atoms with E-state index in [0.29, 0.717) is 24.8 Å². The molecule has 26 heavy (non-hydrogen) atoms. The molecule has 2 aliphatic heterocycles. The molecule has 1 saturated heterocycles. The first-order valence-corrected chi connectivity index (χ1v) is 8.87. The number of esters is 1. The zero-order valence-corrected chi connectivity index (χ0v) is 15.4. The number of fused-ring (bicyclic) bond motifs is 1. The zero-order chi connectivity index (χ0) is 18.8. The molecule has 1 aromatic rings. The van der Waals surface area contributed by atoms with Crippen LogP contribution in [0.5, 0.6) is 0 Å². The molecule has 0 spiro atoms. The van der Waals surface area contributed by atoms with Gasteiger partial charge in [0.05, 0.1) is 25.8 Å². The molecule has 3 heterocycles. The number of nitrogens with zero attached hydrogens (tertiary/aromatic N) is 4. The first-order chi connectivity index (χ1) is 12.4. The molecule has 9 nitrogen and oxygen atoms in total. The van der Waals surface area contributed by atoms with Crippen molar-refractivity contribution < 1.29 is 19.1 Å². The lowest BCUT2D eigenvalue weighted by Gasteiger charge is -2.33. The third-order valence-corrected chi connectivity index (χ3v) is 4.96. The third-order valence-electron chi connectivity index (χ3n) is 4.96. The first kappa shape index (κ1) is 18.4. The second-order valence-corrected chi connectivity index (χ2v) is 6.89. The molecule has 0 aromatic carbocycles. The van der Waals surface area contributed by atoms with Gasteiger partial charge in [0.2, 0.25) is 5.91 Å². The Morgan fingerprint density at radius 1 is 1.35 bits per heavy atom. The summed E-state index contributed by atoms with van der Waals surface area (Å²) < 4.78 is 6.51. The molecule has 2 aliphatic rings. The van der Waals surface area contributed by atoms with Gasteiger partial charge in [0.25, 0.3) is 5.91 Å². The summed E-state index contributed by atoms with van der Waals surface area (Å²) in [7, 11) is 1.26. The molecular formula is C17H25N5O4. The van der Waals surface area contributed by atoms with Crippen LogP contribution in [0.25, 0.3) is 0 Å². The lowest BCUT2D eigenvalue weighted by atomic mass is 10.1. The number of carbonyl (C=O) groups is 3. The summed E-state index contributed by atoms with van der Waals surface area (Å²) >= 11 is 0. The minimum Gasteiger partial charge on any atom is -0.469 e. The quantitative estimate of drug-likeness (QED) is 0.732. The molecule has 3 rings (SSSR count). The Hall–Kier alpha value is -2.42. The highest BCUT2D eigenvalue weighted by molar-refractivity contribution is 5.98. The highest BCUT2D eigenvalue weighted by Gasteiger charge is 2.36. The van der Waals surface area contributed by atoms with E-state index in [1.54, 1.807) is 6.07 Å². The van der Waals surface area contributed by atoms with Gasteiger partial charge in [0.15, 0.2) is 5.69 Å². The predicted octanol–water partition coefficient (Wildman–Crippen LogP) is -0.389. The van der Waals surface area contributed by atoms with E-state index in [2.05, 4.69) is 33.9 Å². The number of ether oxygens (including phenoxy) is 1. The van der Waals surface area contributed by atoms with E-state index in [0.717, 1.165) is 25.3 Å². The molecular weight excluding hydrogens is 338 g/mol. The Morgan fingerprint density at radius 3 is 2.81 bits per heavy atom. The maximum atomic E-state index is 13.0. The molecule has 2 amide bonds. The largest absolute Gasteiger partial charge is 0.469 e. The van der Waals surface area contributed by atoms with Crippen LogP contribution in [0.1, 0.15) is 36.5 Å². The minimum atomic E-state index is -0.866. The summed E-state index contributed by atoms with van der Waals surface area (Å²) in [6, 6.07) is 1.35. The smallest absolute Gasteiger partial charge is 0.308 e. The summed E-state index contributed by atoms with van der Waals surface area (Å²) in [4.78, 5) is 40.5. The van der Waals surface area contributed by atoms with Crippen LogP contribution in [0.15, 0.2) is 6.07 Å². The number of hydrogen-bond acceptors (Lipinski definition) is 6. The molecule has 0 bridgehead atoms. The van der Waals surface area contributed by atoms with Crippen molar-refractivity contribution >= 4 is 17.8 Å². The Kier molecular flexibility index (Phi) is 5.26. The lowest BCUT2D eigenvalue weighted by Crippen LogP contribution is -2.57. The van der Waals surface area contributed by atoms with Crippen molar-refractivity contribution in [2.45, 2.75) is 45.4 Å². The number of amides is 2. The van der Waals surface area contributed by atoms with E-state index in [9.17, 15) is 14.4 Å². The van der Waals surface area contributed by atoms with Crippen molar-refractivity contribution in [2.75, 3.05) is 26.7 Å². The number of piperazine rings is 1. The lowest BCUT2D eigenvalue weighted by molar-refractivity contribution is -0.145. The van der Waals surface area contributed by atoms with Crippen LogP contribution in [-0.4, -0.2) is 76.2 Å². The normalized spacial score (nSPS) is 20.7. The Labute approximate surface area is 152 Å². The molecule has 1 unspecified atom stereocenters. The van der Waals surface area contributed by atoms with Gasteiger partial charge in [0.1, 0.15) is 6.04 Å². The Bertz CT molecular complexity index is 714.